The minimum Gasteiger partial charge on any atom is -0.406 e. The first-order chi connectivity index (χ1) is 11.2. The molecule has 2 amide bonds. The van der Waals surface area contributed by atoms with Gasteiger partial charge in [-0.1, -0.05) is 6.07 Å². The Bertz CT molecular complexity index is 700. The van der Waals surface area contributed by atoms with Gasteiger partial charge in [0, 0.05) is 5.69 Å². The Morgan fingerprint density at radius 2 is 1.83 bits per heavy atom. The van der Waals surface area contributed by atoms with Crippen LogP contribution in [0.2, 0.25) is 0 Å². The van der Waals surface area contributed by atoms with Crippen LogP contribution in [0.3, 0.4) is 0 Å². The minimum atomic E-state index is -4.77. The fourth-order valence-electron chi connectivity index (χ4n) is 1.73. The van der Waals surface area contributed by atoms with Crippen molar-refractivity contribution in [3.8, 4) is 5.75 Å². The SMILES string of the molecule is C[C@@H](NC(=O)c1cccs1)C(=O)Nc1ccc(OC(F)(F)F)cc1. The van der Waals surface area contributed by atoms with Gasteiger partial charge in [-0.3, -0.25) is 9.59 Å². The standard InChI is InChI=1S/C15H13F3N2O3S/c1-9(19-14(22)12-3-2-8-24-12)13(21)20-10-4-6-11(7-5-10)23-15(16,17)18/h2-9H,1H3,(H,19,22)(H,20,21)/t9-/m1/s1. The summed E-state index contributed by atoms with van der Waals surface area (Å²) in [4.78, 5) is 24.3. The molecular formula is C15H13F3N2O3S. The fraction of sp³-hybridized carbons (Fsp3) is 0.200. The number of amides is 2. The van der Waals surface area contributed by atoms with E-state index in [1.807, 2.05) is 0 Å². The molecule has 0 unspecified atom stereocenters. The van der Waals surface area contributed by atoms with Gasteiger partial charge in [-0.15, -0.1) is 24.5 Å². The van der Waals surface area contributed by atoms with Gasteiger partial charge in [0.05, 0.1) is 4.88 Å². The Morgan fingerprint density at radius 3 is 2.38 bits per heavy atom. The number of benzene rings is 1. The summed E-state index contributed by atoms with van der Waals surface area (Å²) in [5.74, 6) is -1.26. The number of hydrogen-bond donors (Lipinski definition) is 2. The van der Waals surface area contributed by atoms with Gasteiger partial charge in [-0.2, -0.15) is 0 Å². The van der Waals surface area contributed by atoms with Crippen molar-refractivity contribution in [1.29, 1.82) is 0 Å². The summed E-state index contributed by atoms with van der Waals surface area (Å²) >= 11 is 1.25. The van der Waals surface area contributed by atoms with Crippen LogP contribution in [0.5, 0.6) is 5.75 Å². The van der Waals surface area contributed by atoms with Crippen molar-refractivity contribution >= 4 is 28.8 Å². The number of hydrogen-bond acceptors (Lipinski definition) is 4. The second kappa shape index (κ2) is 7.35. The Balaban J connectivity index is 1.90. The van der Waals surface area contributed by atoms with Crippen LogP contribution in [0.25, 0.3) is 0 Å². The average Bonchev–Trinajstić information content (AvgIpc) is 3.02. The Labute approximate surface area is 139 Å². The minimum absolute atomic E-state index is 0.284. The molecule has 0 radical (unpaired) electrons. The lowest BCUT2D eigenvalue weighted by molar-refractivity contribution is -0.274. The zero-order valence-electron chi connectivity index (χ0n) is 12.4. The van der Waals surface area contributed by atoms with Gasteiger partial charge in [0.25, 0.3) is 5.91 Å². The molecular weight excluding hydrogens is 345 g/mol. The molecule has 2 N–H and O–H groups in total. The summed E-state index contributed by atoms with van der Waals surface area (Å²) in [5.41, 5.74) is 0.284. The molecule has 0 aliphatic heterocycles. The number of alkyl halides is 3. The third-order valence-corrected chi connectivity index (χ3v) is 3.71. The molecule has 24 heavy (non-hydrogen) atoms. The maximum atomic E-state index is 12.1. The summed E-state index contributed by atoms with van der Waals surface area (Å²) in [6.07, 6.45) is -4.77. The number of ether oxygens (including phenoxy) is 1. The molecule has 0 saturated heterocycles. The molecule has 1 atom stereocenters. The van der Waals surface area contributed by atoms with Gasteiger partial charge in [-0.05, 0) is 42.6 Å². The quantitative estimate of drug-likeness (QED) is 0.861. The fourth-order valence-corrected chi connectivity index (χ4v) is 2.36. The lowest BCUT2D eigenvalue weighted by atomic mass is 10.2. The van der Waals surface area contributed by atoms with E-state index in [0.29, 0.717) is 4.88 Å². The zero-order valence-corrected chi connectivity index (χ0v) is 13.2. The second-order valence-corrected chi connectivity index (χ2v) is 5.68. The molecule has 1 aromatic heterocycles. The van der Waals surface area contributed by atoms with Gasteiger partial charge in [0.15, 0.2) is 0 Å². The van der Waals surface area contributed by atoms with Crippen LogP contribution in [0, 0.1) is 0 Å². The maximum absolute atomic E-state index is 12.1. The first-order valence-corrected chi connectivity index (χ1v) is 7.63. The number of rotatable bonds is 5. The van der Waals surface area contributed by atoms with Crippen molar-refractivity contribution in [2.45, 2.75) is 19.3 Å². The Morgan fingerprint density at radius 1 is 1.17 bits per heavy atom. The summed E-state index contributed by atoms with van der Waals surface area (Å²) in [7, 11) is 0. The molecule has 2 rings (SSSR count). The number of carbonyl (C=O) groups is 2. The van der Waals surface area contributed by atoms with E-state index >= 15 is 0 Å². The van der Waals surface area contributed by atoms with Crippen molar-refractivity contribution in [2.75, 3.05) is 5.32 Å². The molecule has 2 aromatic rings. The van der Waals surface area contributed by atoms with Crippen molar-refractivity contribution in [1.82, 2.24) is 5.32 Å². The molecule has 1 heterocycles. The number of halogens is 3. The van der Waals surface area contributed by atoms with Crippen LogP contribution in [-0.2, 0) is 4.79 Å². The van der Waals surface area contributed by atoms with E-state index in [1.165, 1.54) is 30.4 Å². The normalized spacial score (nSPS) is 12.3. The summed E-state index contributed by atoms with van der Waals surface area (Å²) < 4.78 is 39.9. The molecule has 0 bridgehead atoms. The molecule has 0 aliphatic carbocycles. The van der Waals surface area contributed by atoms with E-state index in [2.05, 4.69) is 15.4 Å². The highest BCUT2D eigenvalue weighted by atomic mass is 32.1. The van der Waals surface area contributed by atoms with Crippen LogP contribution < -0.4 is 15.4 Å². The topological polar surface area (TPSA) is 67.4 Å². The molecule has 9 heteroatoms. The highest BCUT2D eigenvalue weighted by Crippen LogP contribution is 2.24. The van der Waals surface area contributed by atoms with Gasteiger partial charge in [0.1, 0.15) is 11.8 Å². The molecule has 5 nitrogen and oxygen atoms in total. The second-order valence-electron chi connectivity index (χ2n) is 4.73. The van der Waals surface area contributed by atoms with Crippen LogP contribution >= 0.6 is 11.3 Å². The molecule has 0 saturated carbocycles. The van der Waals surface area contributed by atoms with Crippen LogP contribution in [0.1, 0.15) is 16.6 Å². The summed E-state index contributed by atoms with van der Waals surface area (Å²) in [6.45, 7) is 1.50. The summed E-state index contributed by atoms with van der Waals surface area (Å²) in [6, 6.07) is 7.24. The lowest BCUT2D eigenvalue weighted by Crippen LogP contribution is -2.41. The number of anilines is 1. The van der Waals surface area contributed by atoms with E-state index in [4.69, 9.17) is 0 Å². The molecule has 0 fully saturated rings. The highest BCUT2D eigenvalue weighted by molar-refractivity contribution is 7.12. The Kier molecular flexibility index (Phi) is 5.45. The van der Waals surface area contributed by atoms with Crippen LogP contribution in [-0.4, -0.2) is 24.2 Å². The predicted molar refractivity (Wildman–Crippen MR) is 83.0 cm³/mol. The molecule has 0 aliphatic rings. The first-order valence-electron chi connectivity index (χ1n) is 6.75. The van der Waals surface area contributed by atoms with Gasteiger partial charge < -0.3 is 15.4 Å². The molecule has 1 aromatic carbocycles. The monoisotopic (exact) mass is 358 g/mol. The van der Waals surface area contributed by atoms with Crippen LogP contribution in [0.4, 0.5) is 18.9 Å². The first kappa shape index (κ1) is 17.8. The van der Waals surface area contributed by atoms with Crippen LogP contribution in [0.15, 0.2) is 41.8 Å². The number of thiophene rings is 1. The number of nitrogens with one attached hydrogen (secondary N) is 2. The predicted octanol–water partition coefficient (Wildman–Crippen LogP) is 3.40. The van der Waals surface area contributed by atoms with Crippen molar-refractivity contribution in [3.63, 3.8) is 0 Å². The zero-order chi connectivity index (χ0) is 17.7. The average molecular weight is 358 g/mol. The van der Waals surface area contributed by atoms with Crippen molar-refractivity contribution < 1.29 is 27.5 Å². The summed E-state index contributed by atoms with van der Waals surface area (Å²) in [5, 5.41) is 6.77. The molecule has 128 valence electrons. The van der Waals surface area contributed by atoms with E-state index in [-0.39, 0.29) is 17.3 Å². The van der Waals surface area contributed by atoms with Gasteiger partial charge in [-0.25, -0.2) is 0 Å². The molecule has 0 spiro atoms. The number of carbonyl (C=O) groups excluding carboxylic acids is 2. The lowest BCUT2D eigenvalue weighted by Gasteiger charge is -2.14. The van der Waals surface area contributed by atoms with Gasteiger partial charge in [0.2, 0.25) is 5.91 Å². The van der Waals surface area contributed by atoms with Crippen molar-refractivity contribution in [3.05, 3.63) is 46.7 Å². The third-order valence-electron chi connectivity index (χ3n) is 2.84. The van der Waals surface area contributed by atoms with E-state index in [9.17, 15) is 22.8 Å². The van der Waals surface area contributed by atoms with E-state index in [0.717, 1.165) is 12.1 Å². The van der Waals surface area contributed by atoms with Gasteiger partial charge >= 0.3 is 6.36 Å². The third kappa shape index (κ3) is 5.27. The highest BCUT2D eigenvalue weighted by Gasteiger charge is 2.31. The maximum Gasteiger partial charge on any atom is 0.573 e. The largest absolute Gasteiger partial charge is 0.573 e. The smallest absolute Gasteiger partial charge is 0.406 e. The van der Waals surface area contributed by atoms with Crippen molar-refractivity contribution in [2.24, 2.45) is 0 Å². The van der Waals surface area contributed by atoms with E-state index in [1.54, 1.807) is 17.5 Å². The van der Waals surface area contributed by atoms with E-state index < -0.39 is 18.3 Å². The Hall–Kier alpha value is -2.55.